The minimum Gasteiger partial charge on any atom is -0.0588 e. The molecule has 0 aliphatic carbocycles. The highest BCUT2D eigenvalue weighted by Crippen LogP contribution is 2.24. The molecular weight excluding hydrogens is 155 g/mol. The maximum atomic E-state index is 2.34. The summed E-state index contributed by atoms with van der Waals surface area (Å²) < 4.78 is 0. The van der Waals surface area contributed by atoms with Crippen molar-refractivity contribution in [3.05, 3.63) is 34.9 Å². The van der Waals surface area contributed by atoms with Crippen LogP contribution in [0.25, 0.3) is 0 Å². The number of aryl methyl sites for hydroxylation is 1. The molecule has 0 radical (unpaired) electrons. The topological polar surface area (TPSA) is 0 Å². The van der Waals surface area contributed by atoms with Gasteiger partial charge < -0.3 is 0 Å². The maximum Gasteiger partial charge on any atom is 0.107 e. The van der Waals surface area contributed by atoms with Gasteiger partial charge in [0.25, 0.3) is 0 Å². The molecule has 1 heteroatoms. The van der Waals surface area contributed by atoms with Crippen molar-refractivity contribution in [3.63, 3.8) is 0 Å². The molecule has 0 unspecified atom stereocenters. The lowest BCUT2D eigenvalue weighted by atomic mass is 9.83. The number of hydrogen-bond donors (Lipinski definition) is 0. The molecule has 0 heterocycles. The Kier molecular flexibility index (Phi) is 2.85. The van der Waals surface area contributed by atoms with E-state index < -0.39 is 0 Å². The summed E-state index contributed by atoms with van der Waals surface area (Å²) in [6.07, 6.45) is 1.13. The van der Waals surface area contributed by atoms with Crippen molar-refractivity contribution in [2.75, 3.05) is 0 Å². The van der Waals surface area contributed by atoms with Crippen molar-refractivity contribution in [1.82, 2.24) is 0 Å². The molecule has 0 aliphatic rings. The van der Waals surface area contributed by atoms with Crippen LogP contribution in [0.1, 0.15) is 37.5 Å². The SMILES string of the molecule is BCc1cc(C(C)(C)C)ccc1C. The molecule has 0 nitrogen and oxygen atoms in total. The van der Waals surface area contributed by atoms with Crippen LogP contribution in [0.15, 0.2) is 18.2 Å². The Hall–Kier alpha value is -0.715. The van der Waals surface area contributed by atoms with E-state index in [1.165, 1.54) is 16.7 Å². The zero-order chi connectivity index (χ0) is 10.1. The van der Waals surface area contributed by atoms with E-state index in [9.17, 15) is 0 Å². The van der Waals surface area contributed by atoms with Gasteiger partial charge in [0.2, 0.25) is 0 Å². The van der Waals surface area contributed by atoms with Crippen LogP contribution in [0.4, 0.5) is 0 Å². The average molecular weight is 174 g/mol. The largest absolute Gasteiger partial charge is 0.107 e. The first-order chi connectivity index (χ1) is 5.95. The molecule has 0 atom stereocenters. The van der Waals surface area contributed by atoms with E-state index in [1.54, 1.807) is 0 Å². The zero-order valence-corrected chi connectivity index (χ0v) is 9.44. The normalized spacial score (nSPS) is 11.7. The fraction of sp³-hybridized carbons (Fsp3) is 0.500. The monoisotopic (exact) mass is 174 g/mol. The van der Waals surface area contributed by atoms with Crippen molar-refractivity contribution in [2.24, 2.45) is 0 Å². The molecule has 0 saturated heterocycles. The van der Waals surface area contributed by atoms with E-state index in [0.717, 1.165) is 6.32 Å². The van der Waals surface area contributed by atoms with Crippen molar-refractivity contribution in [2.45, 2.75) is 39.4 Å². The van der Waals surface area contributed by atoms with Crippen molar-refractivity contribution >= 4 is 7.85 Å². The average Bonchev–Trinajstić information content (AvgIpc) is 2.03. The van der Waals surface area contributed by atoms with Crippen LogP contribution in [0.5, 0.6) is 0 Å². The Bertz CT molecular complexity index is 294. The predicted molar refractivity (Wildman–Crippen MR) is 62.1 cm³/mol. The number of benzene rings is 1. The van der Waals surface area contributed by atoms with Crippen molar-refractivity contribution < 1.29 is 0 Å². The van der Waals surface area contributed by atoms with Gasteiger partial charge in [-0.15, -0.1) is 0 Å². The minimum absolute atomic E-state index is 0.275. The fourth-order valence-electron chi connectivity index (χ4n) is 1.52. The van der Waals surface area contributed by atoms with Gasteiger partial charge in [0.1, 0.15) is 7.85 Å². The van der Waals surface area contributed by atoms with Gasteiger partial charge in [-0.3, -0.25) is 0 Å². The molecule has 0 aliphatic heterocycles. The Morgan fingerprint density at radius 1 is 1.23 bits per heavy atom. The first-order valence-corrected chi connectivity index (χ1v) is 5.05. The summed E-state index contributed by atoms with van der Waals surface area (Å²) in [5, 5.41) is 0. The van der Waals surface area contributed by atoms with Gasteiger partial charge in [-0.1, -0.05) is 50.9 Å². The zero-order valence-electron chi connectivity index (χ0n) is 9.44. The summed E-state index contributed by atoms with van der Waals surface area (Å²) in [4.78, 5) is 0. The smallest absolute Gasteiger partial charge is 0.0588 e. The number of hydrogen-bond acceptors (Lipinski definition) is 0. The lowest BCUT2D eigenvalue weighted by Crippen LogP contribution is -2.11. The molecule has 0 bridgehead atoms. The molecule has 1 aromatic carbocycles. The first-order valence-electron chi connectivity index (χ1n) is 5.05. The third kappa shape index (κ3) is 2.36. The van der Waals surface area contributed by atoms with Crippen LogP contribution in [-0.4, -0.2) is 7.85 Å². The van der Waals surface area contributed by atoms with Gasteiger partial charge in [-0.2, -0.15) is 0 Å². The Balaban J connectivity index is 3.14. The molecule has 1 aromatic rings. The third-order valence-corrected chi connectivity index (χ3v) is 2.60. The van der Waals surface area contributed by atoms with Crippen LogP contribution in [-0.2, 0) is 11.7 Å². The summed E-state index contributed by atoms with van der Waals surface area (Å²) in [7, 11) is 2.22. The second-order valence-electron chi connectivity index (χ2n) is 4.74. The van der Waals surface area contributed by atoms with Gasteiger partial charge in [0, 0.05) is 0 Å². The summed E-state index contributed by atoms with van der Waals surface area (Å²) >= 11 is 0. The van der Waals surface area contributed by atoms with E-state index in [1.807, 2.05) is 0 Å². The Morgan fingerprint density at radius 2 is 1.85 bits per heavy atom. The van der Waals surface area contributed by atoms with Crippen LogP contribution in [0.2, 0.25) is 0 Å². The lowest BCUT2D eigenvalue weighted by Gasteiger charge is -2.20. The molecular formula is C12H19B. The number of rotatable bonds is 1. The Labute approximate surface area is 82.8 Å². The van der Waals surface area contributed by atoms with Crippen LogP contribution >= 0.6 is 0 Å². The molecule has 0 aromatic heterocycles. The van der Waals surface area contributed by atoms with Gasteiger partial charge in [0.05, 0.1) is 0 Å². The van der Waals surface area contributed by atoms with E-state index in [-0.39, 0.29) is 5.41 Å². The molecule has 70 valence electrons. The molecule has 0 saturated carbocycles. The second-order valence-corrected chi connectivity index (χ2v) is 4.74. The van der Waals surface area contributed by atoms with E-state index >= 15 is 0 Å². The van der Waals surface area contributed by atoms with Crippen LogP contribution in [0, 0.1) is 6.92 Å². The maximum absolute atomic E-state index is 2.34. The third-order valence-electron chi connectivity index (χ3n) is 2.60. The lowest BCUT2D eigenvalue weighted by molar-refractivity contribution is 0.589. The Morgan fingerprint density at radius 3 is 2.31 bits per heavy atom. The van der Waals surface area contributed by atoms with Gasteiger partial charge in [0.15, 0.2) is 0 Å². The quantitative estimate of drug-likeness (QED) is 0.573. The van der Waals surface area contributed by atoms with Crippen molar-refractivity contribution in [3.8, 4) is 0 Å². The van der Waals surface area contributed by atoms with Gasteiger partial charge in [-0.25, -0.2) is 0 Å². The highest BCUT2D eigenvalue weighted by atomic mass is 14.2. The second kappa shape index (κ2) is 3.57. The standard InChI is InChI=1S/C12H19B/c1-9-5-6-11(12(2,3)4)7-10(9)8-13/h5-7H,8,13H2,1-4H3. The predicted octanol–water partition coefficient (Wildman–Crippen LogP) is 2.43. The van der Waals surface area contributed by atoms with Crippen LogP contribution < -0.4 is 0 Å². The molecule has 0 spiro atoms. The van der Waals surface area contributed by atoms with Gasteiger partial charge in [-0.05, 0) is 23.5 Å². The van der Waals surface area contributed by atoms with E-state index in [0.29, 0.717) is 0 Å². The van der Waals surface area contributed by atoms with E-state index in [2.05, 4.69) is 53.7 Å². The molecule has 0 N–H and O–H groups in total. The van der Waals surface area contributed by atoms with Gasteiger partial charge >= 0.3 is 0 Å². The minimum atomic E-state index is 0.275. The summed E-state index contributed by atoms with van der Waals surface area (Å²) in [5.41, 5.74) is 4.61. The molecule has 0 fully saturated rings. The fourth-order valence-corrected chi connectivity index (χ4v) is 1.52. The highest BCUT2D eigenvalue weighted by molar-refractivity contribution is 6.08. The van der Waals surface area contributed by atoms with Crippen LogP contribution in [0.3, 0.4) is 0 Å². The molecule has 1 rings (SSSR count). The summed E-state index contributed by atoms with van der Waals surface area (Å²) in [6.45, 7) is 8.97. The van der Waals surface area contributed by atoms with Crippen molar-refractivity contribution in [1.29, 1.82) is 0 Å². The molecule has 0 amide bonds. The first kappa shape index (κ1) is 10.4. The van der Waals surface area contributed by atoms with E-state index in [4.69, 9.17) is 0 Å². The summed E-state index contributed by atoms with van der Waals surface area (Å²) in [6, 6.07) is 6.82. The highest BCUT2D eigenvalue weighted by Gasteiger charge is 2.13. The molecule has 13 heavy (non-hydrogen) atoms. The summed E-state index contributed by atoms with van der Waals surface area (Å²) in [5.74, 6) is 0.